The number of benzene rings is 1. The second-order valence-electron chi connectivity index (χ2n) is 4.53. The Morgan fingerprint density at radius 2 is 1.74 bits per heavy atom. The summed E-state index contributed by atoms with van der Waals surface area (Å²) in [7, 11) is 0. The monoisotopic (exact) mass is 275 g/mol. The van der Waals surface area contributed by atoms with Gasteiger partial charge in [-0.1, -0.05) is 12.1 Å². The summed E-state index contributed by atoms with van der Waals surface area (Å²) in [5.41, 5.74) is 1.44. The second-order valence-corrected chi connectivity index (χ2v) is 4.53. The number of hydrogen-bond donors (Lipinski definition) is 1. The van der Waals surface area contributed by atoms with Gasteiger partial charge in [-0.3, -0.25) is 0 Å². The molecule has 3 nitrogen and oxygen atoms in total. The Morgan fingerprint density at radius 1 is 1.16 bits per heavy atom. The summed E-state index contributed by atoms with van der Waals surface area (Å²) in [6.07, 6.45) is -7.28. The van der Waals surface area contributed by atoms with Gasteiger partial charge in [-0.2, -0.15) is 13.2 Å². The molecule has 1 heterocycles. The highest BCUT2D eigenvalue weighted by atomic mass is 19.4. The summed E-state index contributed by atoms with van der Waals surface area (Å²) in [6.45, 7) is 2.89. The fraction of sp³-hybridized carbons (Fsp3) is 0.538. The van der Waals surface area contributed by atoms with E-state index in [0.29, 0.717) is 18.8 Å². The molecule has 1 saturated heterocycles. The zero-order valence-electron chi connectivity index (χ0n) is 10.4. The van der Waals surface area contributed by atoms with Crippen LogP contribution in [0.15, 0.2) is 24.3 Å². The Labute approximate surface area is 109 Å². The van der Waals surface area contributed by atoms with Crippen molar-refractivity contribution in [2.75, 3.05) is 31.2 Å². The Morgan fingerprint density at radius 3 is 2.26 bits per heavy atom. The number of aliphatic hydroxyl groups is 1. The lowest BCUT2D eigenvalue weighted by molar-refractivity contribution is -0.203. The van der Waals surface area contributed by atoms with E-state index in [9.17, 15) is 13.2 Å². The molecular formula is C13H16F3NO2. The highest BCUT2D eigenvalue weighted by molar-refractivity contribution is 5.48. The molecule has 0 aromatic heterocycles. The first-order chi connectivity index (χ1) is 8.97. The van der Waals surface area contributed by atoms with Crippen molar-refractivity contribution in [1.29, 1.82) is 0 Å². The highest BCUT2D eigenvalue weighted by Gasteiger charge is 2.37. The highest BCUT2D eigenvalue weighted by Crippen LogP contribution is 2.24. The van der Waals surface area contributed by atoms with Crippen molar-refractivity contribution in [3.05, 3.63) is 29.8 Å². The number of ether oxygens (including phenoxy) is 1. The molecule has 1 N–H and O–H groups in total. The van der Waals surface area contributed by atoms with E-state index >= 15 is 0 Å². The standard InChI is InChI=1S/C13H16F3NO2/c14-13(15,16)12(18)9-10-1-3-11(4-2-10)17-5-7-19-8-6-17/h1-4,12,18H,5-9H2. The van der Waals surface area contributed by atoms with E-state index < -0.39 is 18.7 Å². The van der Waals surface area contributed by atoms with Crippen molar-refractivity contribution in [2.24, 2.45) is 0 Å². The average Bonchev–Trinajstić information content (AvgIpc) is 2.39. The van der Waals surface area contributed by atoms with Crippen molar-refractivity contribution in [1.82, 2.24) is 0 Å². The SMILES string of the molecule is OC(Cc1ccc(N2CCOCC2)cc1)C(F)(F)F. The van der Waals surface area contributed by atoms with Gasteiger partial charge in [0, 0.05) is 25.2 Å². The molecule has 1 aromatic carbocycles. The third-order valence-corrected chi connectivity index (χ3v) is 3.12. The third-order valence-electron chi connectivity index (χ3n) is 3.12. The number of halogens is 3. The first-order valence-electron chi connectivity index (χ1n) is 6.13. The van der Waals surface area contributed by atoms with Gasteiger partial charge in [0.15, 0.2) is 6.10 Å². The van der Waals surface area contributed by atoms with E-state index in [1.165, 1.54) is 0 Å². The van der Waals surface area contributed by atoms with Crippen molar-refractivity contribution < 1.29 is 23.0 Å². The fourth-order valence-corrected chi connectivity index (χ4v) is 2.00. The Kier molecular flexibility index (Phi) is 4.31. The summed E-state index contributed by atoms with van der Waals surface area (Å²) < 4.78 is 41.9. The van der Waals surface area contributed by atoms with Crippen LogP contribution in [0.5, 0.6) is 0 Å². The lowest BCUT2D eigenvalue weighted by Crippen LogP contribution is -2.36. The molecule has 1 fully saturated rings. The number of aliphatic hydroxyl groups excluding tert-OH is 1. The lowest BCUT2D eigenvalue weighted by Gasteiger charge is -2.29. The number of morpholine rings is 1. The van der Waals surface area contributed by atoms with E-state index in [1.807, 2.05) is 0 Å². The van der Waals surface area contributed by atoms with Gasteiger partial charge in [0.1, 0.15) is 0 Å². The van der Waals surface area contributed by atoms with Crippen LogP contribution in [-0.2, 0) is 11.2 Å². The number of alkyl halides is 3. The van der Waals surface area contributed by atoms with Crippen LogP contribution in [0.2, 0.25) is 0 Å². The predicted molar refractivity (Wildman–Crippen MR) is 65.2 cm³/mol. The maximum absolute atomic E-state index is 12.2. The molecule has 0 aliphatic carbocycles. The van der Waals surface area contributed by atoms with Crippen LogP contribution in [0, 0.1) is 0 Å². The molecule has 0 amide bonds. The van der Waals surface area contributed by atoms with Gasteiger partial charge < -0.3 is 14.7 Å². The number of nitrogens with zero attached hydrogens (tertiary/aromatic N) is 1. The minimum absolute atomic E-state index is 0.410. The topological polar surface area (TPSA) is 32.7 Å². The van der Waals surface area contributed by atoms with E-state index in [2.05, 4.69) is 4.90 Å². The summed E-state index contributed by atoms with van der Waals surface area (Å²) in [6, 6.07) is 6.81. The van der Waals surface area contributed by atoms with E-state index in [-0.39, 0.29) is 0 Å². The van der Waals surface area contributed by atoms with E-state index in [4.69, 9.17) is 9.84 Å². The number of anilines is 1. The maximum atomic E-state index is 12.2. The quantitative estimate of drug-likeness (QED) is 0.915. The summed E-state index contributed by atoms with van der Waals surface area (Å²) in [5.74, 6) is 0. The van der Waals surface area contributed by atoms with Crippen LogP contribution >= 0.6 is 0 Å². The number of hydrogen-bond acceptors (Lipinski definition) is 3. The molecule has 0 radical (unpaired) electrons. The van der Waals surface area contributed by atoms with Gasteiger partial charge in [0.2, 0.25) is 0 Å². The molecule has 6 heteroatoms. The predicted octanol–water partition coefficient (Wildman–Crippen LogP) is 1.99. The molecule has 1 aliphatic rings. The van der Waals surface area contributed by atoms with Gasteiger partial charge in [-0.25, -0.2) is 0 Å². The second kappa shape index (κ2) is 5.79. The molecule has 1 atom stereocenters. The minimum Gasteiger partial charge on any atom is -0.383 e. The molecule has 1 unspecified atom stereocenters. The Balaban J connectivity index is 1.98. The zero-order valence-corrected chi connectivity index (χ0v) is 10.4. The Bertz CT molecular complexity index is 399. The first-order valence-corrected chi connectivity index (χ1v) is 6.13. The van der Waals surface area contributed by atoms with Crippen molar-refractivity contribution in [3.63, 3.8) is 0 Å². The molecule has 1 aliphatic heterocycles. The fourth-order valence-electron chi connectivity index (χ4n) is 2.00. The van der Waals surface area contributed by atoms with E-state index in [1.54, 1.807) is 24.3 Å². The van der Waals surface area contributed by atoms with Crippen molar-refractivity contribution in [2.45, 2.75) is 18.7 Å². The number of rotatable bonds is 3. The van der Waals surface area contributed by atoms with Gasteiger partial charge in [0.25, 0.3) is 0 Å². The van der Waals surface area contributed by atoms with Crippen LogP contribution in [0.25, 0.3) is 0 Å². The Hall–Kier alpha value is -1.27. The average molecular weight is 275 g/mol. The van der Waals surface area contributed by atoms with Crippen LogP contribution in [0.4, 0.5) is 18.9 Å². The van der Waals surface area contributed by atoms with Crippen LogP contribution in [-0.4, -0.2) is 43.7 Å². The van der Waals surface area contributed by atoms with Crippen molar-refractivity contribution in [3.8, 4) is 0 Å². The van der Waals surface area contributed by atoms with E-state index in [0.717, 1.165) is 18.8 Å². The third kappa shape index (κ3) is 3.84. The smallest absolute Gasteiger partial charge is 0.383 e. The molecule has 19 heavy (non-hydrogen) atoms. The molecule has 1 aromatic rings. The largest absolute Gasteiger partial charge is 0.414 e. The van der Waals surface area contributed by atoms with Crippen LogP contribution in [0.3, 0.4) is 0 Å². The molecule has 0 bridgehead atoms. The van der Waals surface area contributed by atoms with Gasteiger partial charge >= 0.3 is 6.18 Å². The molecular weight excluding hydrogens is 259 g/mol. The molecule has 0 saturated carbocycles. The van der Waals surface area contributed by atoms with Gasteiger partial charge in [-0.15, -0.1) is 0 Å². The minimum atomic E-state index is -4.57. The van der Waals surface area contributed by atoms with Crippen molar-refractivity contribution >= 4 is 5.69 Å². The lowest BCUT2D eigenvalue weighted by atomic mass is 10.1. The van der Waals surface area contributed by atoms with Crippen LogP contribution in [0.1, 0.15) is 5.56 Å². The summed E-state index contributed by atoms with van der Waals surface area (Å²) in [4.78, 5) is 2.12. The molecule has 0 spiro atoms. The zero-order chi connectivity index (χ0) is 13.9. The van der Waals surface area contributed by atoms with Gasteiger partial charge in [-0.05, 0) is 17.7 Å². The molecule has 106 valence electrons. The molecule has 2 rings (SSSR count). The first kappa shape index (κ1) is 14.1. The van der Waals surface area contributed by atoms with Gasteiger partial charge in [0.05, 0.1) is 13.2 Å². The van der Waals surface area contributed by atoms with Crippen LogP contribution < -0.4 is 4.90 Å². The maximum Gasteiger partial charge on any atom is 0.414 e. The summed E-state index contributed by atoms with van der Waals surface area (Å²) in [5, 5.41) is 9.01. The normalized spacial score (nSPS) is 18.4. The summed E-state index contributed by atoms with van der Waals surface area (Å²) >= 11 is 0.